The van der Waals surface area contributed by atoms with Gasteiger partial charge in [0, 0.05) is 29.1 Å². The minimum absolute atomic E-state index is 0.134. The predicted molar refractivity (Wildman–Crippen MR) is 81.7 cm³/mol. The fourth-order valence-corrected chi connectivity index (χ4v) is 3.38. The maximum absolute atomic E-state index is 12.3. The molecule has 1 aromatic carbocycles. The summed E-state index contributed by atoms with van der Waals surface area (Å²) < 4.78 is 5.39. The van der Waals surface area contributed by atoms with E-state index < -0.39 is 0 Å². The quantitative estimate of drug-likeness (QED) is 0.764. The summed E-state index contributed by atoms with van der Waals surface area (Å²) in [4.78, 5) is 21.0. The highest BCUT2D eigenvalue weighted by atomic mass is 32.1. The van der Waals surface area contributed by atoms with Crippen LogP contribution in [0.25, 0.3) is 10.9 Å². The minimum Gasteiger partial charge on any atom is -0.375 e. The molecule has 21 heavy (non-hydrogen) atoms. The fourth-order valence-electron chi connectivity index (χ4n) is 2.44. The van der Waals surface area contributed by atoms with Crippen LogP contribution in [-0.2, 0) is 17.8 Å². The molecule has 2 aromatic heterocycles. The summed E-state index contributed by atoms with van der Waals surface area (Å²) in [5, 5.41) is 4.54. The molecule has 0 bridgehead atoms. The number of thiazole rings is 1. The molecule has 0 unspecified atom stereocenters. The number of aromatic nitrogens is 2. The van der Waals surface area contributed by atoms with E-state index in [0.717, 1.165) is 27.9 Å². The monoisotopic (exact) mass is 299 g/mol. The molecule has 3 aromatic rings. The molecule has 5 nitrogen and oxygen atoms in total. The van der Waals surface area contributed by atoms with E-state index in [1.165, 1.54) is 11.3 Å². The number of ether oxygens (including phenoxy) is 1. The molecule has 1 aliphatic rings. The summed E-state index contributed by atoms with van der Waals surface area (Å²) in [6.45, 7) is 1.30. The molecular formula is C15H13N3O2S. The van der Waals surface area contributed by atoms with Crippen molar-refractivity contribution in [3.63, 3.8) is 0 Å². The first kappa shape index (κ1) is 12.6. The number of hydrogen-bond donors (Lipinski definition) is 2. The van der Waals surface area contributed by atoms with Crippen molar-refractivity contribution in [1.29, 1.82) is 0 Å². The lowest BCUT2D eigenvalue weighted by molar-refractivity contribution is 0.102. The number of nitrogens with one attached hydrogen (secondary N) is 2. The summed E-state index contributed by atoms with van der Waals surface area (Å²) in [6.07, 6.45) is 2.68. The van der Waals surface area contributed by atoms with Crippen molar-refractivity contribution < 1.29 is 9.53 Å². The number of carbonyl (C=O) groups is 1. The van der Waals surface area contributed by atoms with Gasteiger partial charge in [0.15, 0.2) is 5.13 Å². The van der Waals surface area contributed by atoms with Gasteiger partial charge in [-0.1, -0.05) is 11.3 Å². The lowest BCUT2D eigenvalue weighted by atomic mass is 10.1. The van der Waals surface area contributed by atoms with Crippen LogP contribution in [0, 0.1) is 0 Å². The molecule has 106 valence electrons. The Morgan fingerprint density at radius 2 is 2.33 bits per heavy atom. The van der Waals surface area contributed by atoms with Gasteiger partial charge in [0.25, 0.3) is 5.91 Å². The van der Waals surface area contributed by atoms with E-state index in [2.05, 4.69) is 15.3 Å². The number of benzene rings is 1. The second-order valence-corrected chi connectivity index (χ2v) is 6.01. The molecule has 0 aliphatic carbocycles. The molecule has 6 heteroatoms. The van der Waals surface area contributed by atoms with Crippen LogP contribution in [0.4, 0.5) is 5.13 Å². The van der Waals surface area contributed by atoms with E-state index in [1.807, 2.05) is 30.5 Å². The van der Waals surface area contributed by atoms with Gasteiger partial charge in [-0.05, 0) is 24.3 Å². The molecule has 3 heterocycles. The largest absolute Gasteiger partial charge is 0.375 e. The van der Waals surface area contributed by atoms with E-state index in [-0.39, 0.29) is 5.91 Å². The number of hydrogen-bond acceptors (Lipinski definition) is 4. The number of nitrogens with zero attached hydrogens (tertiary/aromatic N) is 1. The summed E-state index contributed by atoms with van der Waals surface area (Å²) in [6, 6.07) is 7.54. The highest BCUT2D eigenvalue weighted by molar-refractivity contribution is 7.15. The Labute approximate surface area is 125 Å². The number of fused-ring (bicyclic) bond motifs is 2. The minimum atomic E-state index is -0.134. The van der Waals surface area contributed by atoms with E-state index in [9.17, 15) is 4.79 Å². The van der Waals surface area contributed by atoms with Crippen molar-refractivity contribution >= 4 is 33.3 Å². The Balaban J connectivity index is 1.58. The predicted octanol–water partition coefficient (Wildman–Crippen LogP) is 2.95. The van der Waals surface area contributed by atoms with Crippen LogP contribution in [0.15, 0.2) is 30.5 Å². The molecule has 0 atom stereocenters. The summed E-state index contributed by atoms with van der Waals surface area (Å²) >= 11 is 1.49. The maximum atomic E-state index is 12.3. The molecule has 1 amide bonds. The van der Waals surface area contributed by atoms with Crippen molar-refractivity contribution in [3.8, 4) is 0 Å². The van der Waals surface area contributed by atoms with Crippen molar-refractivity contribution in [2.24, 2.45) is 0 Å². The van der Waals surface area contributed by atoms with Gasteiger partial charge in [0.05, 0.1) is 23.8 Å². The molecule has 2 N–H and O–H groups in total. The molecule has 0 fully saturated rings. The van der Waals surface area contributed by atoms with Crippen LogP contribution in [0.1, 0.15) is 20.9 Å². The number of aromatic amines is 1. The van der Waals surface area contributed by atoms with Crippen LogP contribution < -0.4 is 5.32 Å². The molecule has 4 rings (SSSR count). The number of carbonyl (C=O) groups excluding carboxylic acids is 1. The first-order valence-electron chi connectivity index (χ1n) is 6.74. The first-order valence-corrected chi connectivity index (χ1v) is 7.56. The zero-order valence-corrected chi connectivity index (χ0v) is 12.0. The number of H-pyrrole nitrogens is 1. The summed E-state index contributed by atoms with van der Waals surface area (Å²) in [5.74, 6) is -0.134. The molecule has 0 saturated heterocycles. The molecule has 0 saturated carbocycles. The Morgan fingerprint density at radius 1 is 1.38 bits per heavy atom. The van der Waals surface area contributed by atoms with Gasteiger partial charge in [-0.3, -0.25) is 10.1 Å². The number of amides is 1. The second-order valence-electron chi connectivity index (χ2n) is 4.93. The van der Waals surface area contributed by atoms with Crippen molar-refractivity contribution in [1.82, 2.24) is 9.97 Å². The third-order valence-electron chi connectivity index (χ3n) is 3.53. The Bertz CT molecular complexity index is 798. The maximum Gasteiger partial charge on any atom is 0.257 e. The normalized spacial score (nSPS) is 14.1. The molecular weight excluding hydrogens is 286 g/mol. The molecule has 0 spiro atoms. The zero-order chi connectivity index (χ0) is 14.2. The fraction of sp³-hybridized carbons (Fsp3) is 0.200. The number of anilines is 1. The van der Waals surface area contributed by atoms with E-state index in [4.69, 9.17) is 4.74 Å². The molecule has 1 aliphatic heterocycles. The van der Waals surface area contributed by atoms with E-state index >= 15 is 0 Å². The first-order chi connectivity index (χ1) is 10.3. The van der Waals surface area contributed by atoms with Gasteiger partial charge in [-0.15, -0.1) is 0 Å². The molecule has 0 radical (unpaired) electrons. The van der Waals surface area contributed by atoms with Crippen molar-refractivity contribution in [2.75, 3.05) is 11.9 Å². The van der Waals surface area contributed by atoms with Gasteiger partial charge >= 0.3 is 0 Å². The topological polar surface area (TPSA) is 67.0 Å². The van der Waals surface area contributed by atoms with Gasteiger partial charge in [0.1, 0.15) is 0 Å². The smallest absolute Gasteiger partial charge is 0.257 e. The van der Waals surface area contributed by atoms with Crippen molar-refractivity contribution in [3.05, 3.63) is 46.6 Å². The van der Waals surface area contributed by atoms with Gasteiger partial charge in [0.2, 0.25) is 0 Å². The Morgan fingerprint density at radius 3 is 3.24 bits per heavy atom. The van der Waals surface area contributed by atoms with Crippen molar-refractivity contribution in [2.45, 2.75) is 13.0 Å². The highest BCUT2D eigenvalue weighted by Gasteiger charge is 2.17. The van der Waals surface area contributed by atoms with Gasteiger partial charge in [-0.2, -0.15) is 0 Å². The van der Waals surface area contributed by atoms with Crippen LogP contribution in [0.3, 0.4) is 0 Å². The second kappa shape index (κ2) is 4.98. The summed E-state index contributed by atoms with van der Waals surface area (Å²) in [7, 11) is 0. The van der Waals surface area contributed by atoms with Crippen LogP contribution in [-0.4, -0.2) is 22.5 Å². The van der Waals surface area contributed by atoms with Crippen LogP contribution >= 0.6 is 11.3 Å². The van der Waals surface area contributed by atoms with Crippen LogP contribution in [0.2, 0.25) is 0 Å². The van der Waals surface area contributed by atoms with E-state index in [0.29, 0.717) is 23.9 Å². The third kappa shape index (κ3) is 2.32. The highest BCUT2D eigenvalue weighted by Crippen LogP contribution is 2.27. The van der Waals surface area contributed by atoms with E-state index in [1.54, 1.807) is 0 Å². The Kier molecular flexibility index (Phi) is 2.98. The average molecular weight is 299 g/mol. The standard InChI is InChI=1S/C15H13N3O2S/c19-14(10-1-2-11-9(7-10)3-5-16-11)18-15-17-12-4-6-20-8-13(12)21-15/h1-3,5,7,16H,4,6,8H2,(H,17,18,19). The number of rotatable bonds is 2. The lowest BCUT2D eigenvalue weighted by Gasteiger charge is -2.08. The zero-order valence-electron chi connectivity index (χ0n) is 11.2. The van der Waals surface area contributed by atoms with Gasteiger partial charge < -0.3 is 9.72 Å². The van der Waals surface area contributed by atoms with Crippen LogP contribution in [0.5, 0.6) is 0 Å². The lowest BCUT2D eigenvalue weighted by Crippen LogP contribution is -2.11. The third-order valence-corrected chi connectivity index (χ3v) is 4.52. The summed E-state index contributed by atoms with van der Waals surface area (Å²) in [5.41, 5.74) is 2.70. The average Bonchev–Trinajstić information content (AvgIpc) is 3.11. The Hall–Kier alpha value is -2.18. The SMILES string of the molecule is O=C(Nc1nc2c(s1)COCC2)c1ccc2[nH]ccc2c1. The van der Waals surface area contributed by atoms with Gasteiger partial charge in [-0.25, -0.2) is 4.98 Å².